The molecule has 1 unspecified atom stereocenters. The second-order valence-corrected chi connectivity index (χ2v) is 3.97. The van der Waals surface area contributed by atoms with Gasteiger partial charge >= 0.3 is 0 Å². The van der Waals surface area contributed by atoms with Crippen molar-refractivity contribution >= 4 is 11.6 Å². The third-order valence-electron chi connectivity index (χ3n) is 2.32. The minimum absolute atomic E-state index is 0.0643. The fraction of sp³-hybridized carbons (Fsp3) is 0.800. The van der Waals surface area contributed by atoms with Crippen molar-refractivity contribution < 1.29 is 4.74 Å². The molecule has 2 nitrogen and oxygen atoms in total. The molecule has 0 radical (unpaired) electrons. The van der Waals surface area contributed by atoms with Gasteiger partial charge in [-0.2, -0.15) is 0 Å². The smallest absolute Gasteiger partial charge is 0.0779 e. The van der Waals surface area contributed by atoms with Crippen LogP contribution in [0, 0.1) is 0 Å². The highest BCUT2D eigenvalue weighted by Gasteiger charge is 2.28. The number of hydrogen-bond donors (Lipinski definition) is 1. The van der Waals surface area contributed by atoms with E-state index in [0.717, 1.165) is 19.7 Å². The van der Waals surface area contributed by atoms with Crippen LogP contribution in [0.3, 0.4) is 0 Å². The summed E-state index contributed by atoms with van der Waals surface area (Å²) >= 11 is 5.50. The number of ether oxygens (including phenoxy) is 1. The zero-order valence-electron chi connectivity index (χ0n) is 8.18. The van der Waals surface area contributed by atoms with E-state index in [1.54, 1.807) is 0 Å². The molecule has 1 aliphatic heterocycles. The van der Waals surface area contributed by atoms with Crippen molar-refractivity contribution in [3.05, 3.63) is 12.2 Å². The largest absolute Gasteiger partial charge is 0.374 e. The highest BCUT2D eigenvalue weighted by Crippen LogP contribution is 2.23. The average Bonchev–Trinajstić information content (AvgIpc) is 2.53. The van der Waals surface area contributed by atoms with E-state index in [-0.39, 0.29) is 5.60 Å². The summed E-state index contributed by atoms with van der Waals surface area (Å²) in [6.07, 6.45) is 6.35. The van der Waals surface area contributed by atoms with Gasteiger partial charge in [-0.1, -0.05) is 12.2 Å². The first kappa shape index (κ1) is 11.0. The molecule has 0 aromatic heterocycles. The van der Waals surface area contributed by atoms with Crippen molar-refractivity contribution in [3.8, 4) is 0 Å². The Kier molecular flexibility index (Phi) is 4.78. The van der Waals surface area contributed by atoms with Crippen LogP contribution in [-0.2, 0) is 4.74 Å². The summed E-state index contributed by atoms with van der Waals surface area (Å²) in [5.41, 5.74) is 0.0643. The maximum Gasteiger partial charge on any atom is 0.0779 e. The Morgan fingerprint density at radius 3 is 3.00 bits per heavy atom. The van der Waals surface area contributed by atoms with Crippen LogP contribution in [0.4, 0.5) is 0 Å². The molecule has 1 fully saturated rings. The van der Waals surface area contributed by atoms with E-state index in [9.17, 15) is 0 Å². The molecule has 13 heavy (non-hydrogen) atoms. The van der Waals surface area contributed by atoms with E-state index in [1.165, 1.54) is 12.8 Å². The van der Waals surface area contributed by atoms with Crippen molar-refractivity contribution in [2.45, 2.75) is 25.4 Å². The average molecular weight is 204 g/mol. The summed E-state index contributed by atoms with van der Waals surface area (Å²) in [4.78, 5) is 0. The molecule has 3 heteroatoms. The third-order valence-corrected chi connectivity index (χ3v) is 2.50. The Bertz CT molecular complexity index is 164. The van der Waals surface area contributed by atoms with E-state index >= 15 is 0 Å². The quantitative estimate of drug-likeness (QED) is 0.419. The SMILES string of the molecule is CC1(CNC/C=C/CCl)CCCO1. The molecule has 0 amide bonds. The first-order valence-corrected chi connectivity index (χ1v) is 5.36. The van der Waals surface area contributed by atoms with Gasteiger partial charge in [0.25, 0.3) is 0 Å². The summed E-state index contributed by atoms with van der Waals surface area (Å²) < 4.78 is 5.63. The molecule has 1 heterocycles. The molecule has 1 aliphatic rings. The topological polar surface area (TPSA) is 21.3 Å². The van der Waals surface area contributed by atoms with Gasteiger partial charge < -0.3 is 10.1 Å². The number of rotatable bonds is 5. The Hall–Kier alpha value is -0.0500. The van der Waals surface area contributed by atoms with E-state index in [2.05, 4.69) is 12.2 Å². The van der Waals surface area contributed by atoms with Gasteiger partial charge in [-0.05, 0) is 19.8 Å². The highest BCUT2D eigenvalue weighted by molar-refractivity contribution is 6.18. The van der Waals surface area contributed by atoms with Gasteiger partial charge in [0.2, 0.25) is 0 Å². The van der Waals surface area contributed by atoms with Crippen molar-refractivity contribution in [3.63, 3.8) is 0 Å². The van der Waals surface area contributed by atoms with Crippen molar-refractivity contribution in [2.24, 2.45) is 0 Å². The monoisotopic (exact) mass is 203 g/mol. The van der Waals surface area contributed by atoms with Gasteiger partial charge in [0.1, 0.15) is 0 Å². The Labute approximate surface area is 85.3 Å². The van der Waals surface area contributed by atoms with Crippen LogP contribution in [0.1, 0.15) is 19.8 Å². The van der Waals surface area contributed by atoms with E-state index in [1.807, 2.05) is 12.2 Å². The predicted octanol–water partition coefficient (Wildman–Crippen LogP) is 1.94. The number of hydrogen-bond acceptors (Lipinski definition) is 2. The molecule has 1 rings (SSSR count). The van der Waals surface area contributed by atoms with Gasteiger partial charge in [-0.3, -0.25) is 0 Å². The molecule has 0 aromatic carbocycles. The van der Waals surface area contributed by atoms with Crippen LogP contribution in [0.15, 0.2) is 12.2 Å². The Morgan fingerprint density at radius 1 is 1.54 bits per heavy atom. The zero-order chi connectivity index (χ0) is 9.57. The third kappa shape index (κ3) is 4.12. The maximum atomic E-state index is 5.63. The molecule has 0 spiro atoms. The summed E-state index contributed by atoms with van der Waals surface area (Å²) in [7, 11) is 0. The van der Waals surface area contributed by atoms with Crippen LogP contribution < -0.4 is 5.32 Å². The molecule has 0 saturated carbocycles. The second-order valence-electron chi connectivity index (χ2n) is 3.66. The normalized spacial score (nSPS) is 28.8. The van der Waals surface area contributed by atoms with Crippen LogP contribution in [0.2, 0.25) is 0 Å². The van der Waals surface area contributed by atoms with E-state index in [4.69, 9.17) is 16.3 Å². The summed E-state index contributed by atoms with van der Waals surface area (Å²) in [5, 5.41) is 3.33. The molecule has 0 bridgehead atoms. The van der Waals surface area contributed by atoms with Crippen molar-refractivity contribution in [1.82, 2.24) is 5.32 Å². The lowest BCUT2D eigenvalue weighted by Crippen LogP contribution is -2.37. The predicted molar refractivity (Wildman–Crippen MR) is 56.3 cm³/mol. The molecule has 1 saturated heterocycles. The fourth-order valence-electron chi connectivity index (χ4n) is 1.54. The minimum atomic E-state index is 0.0643. The molecule has 76 valence electrons. The lowest BCUT2D eigenvalue weighted by molar-refractivity contribution is 0.0217. The van der Waals surface area contributed by atoms with Crippen LogP contribution in [-0.4, -0.2) is 31.2 Å². The lowest BCUT2D eigenvalue weighted by Gasteiger charge is -2.22. The first-order valence-electron chi connectivity index (χ1n) is 4.82. The molecule has 0 aliphatic carbocycles. The molecular weight excluding hydrogens is 186 g/mol. The van der Waals surface area contributed by atoms with Gasteiger partial charge in [0, 0.05) is 25.6 Å². The van der Waals surface area contributed by atoms with Gasteiger partial charge in [0.15, 0.2) is 0 Å². The number of nitrogens with one attached hydrogen (secondary N) is 1. The van der Waals surface area contributed by atoms with Crippen molar-refractivity contribution in [2.75, 3.05) is 25.6 Å². The minimum Gasteiger partial charge on any atom is -0.374 e. The summed E-state index contributed by atoms with van der Waals surface area (Å²) in [6.45, 7) is 4.89. The first-order chi connectivity index (χ1) is 6.27. The van der Waals surface area contributed by atoms with Gasteiger partial charge in [0.05, 0.1) is 5.60 Å². The molecule has 1 atom stereocenters. The van der Waals surface area contributed by atoms with E-state index < -0.39 is 0 Å². The highest BCUT2D eigenvalue weighted by atomic mass is 35.5. The molecule has 0 aromatic rings. The lowest BCUT2D eigenvalue weighted by atomic mass is 10.0. The van der Waals surface area contributed by atoms with Crippen LogP contribution in [0.25, 0.3) is 0 Å². The van der Waals surface area contributed by atoms with Gasteiger partial charge in [-0.25, -0.2) is 0 Å². The zero-order valence-corrected chi connectivity index (χ0v) is 8.94. The standard InChI is InChI=1S/C10H18ClNO/c1-10(5-4-8-13-10)9-12-7-3-2-6-11/h2-3,12H,4-9H2,1H3/b3-2+. The van der Waals surface area contributed by atoms with Crippen molar-refractivity contribution in [1.29, 1.82) is 0 Å². The number of allylic oxidation sites excluding steroid dienone is 1. The fourth-order valence-corrected chi connectivity index (χ4v) is 1.67. The van der Waals surface area contributed by atoms with Crippen LogP contribution >= 0.6 is 11.6 Å². The molecule has 1 N–H and O–H groups in total. The molecular formula is C10H18ClNO. The van der Waals surface area contributed by atoms with Crippen LogP contribution in [0.5, 0.6) is 0 Å². The Morgan fingerprint density at radius 2 is 2.38 bits per heavy atom. The number of alkyl halides is 1. The maximum absolute atomic E-state index is 5.63. The van der Waals surface area contributed by atoms with Gasteiger partial charge in [-0.15, -0.1) is 11.6 Å². The Balaban J connectivity index is 2.07. The number of halogens is 1. The summed E-state index contributed by atoms with van der Waals surface area (Å²) in [5.74, 6) is 0.593. The second kappa shape index (κ2) is 5.63. The summed E-state index contributed by atoms with van der Waals surface area (Å²) in [6, 6.07) is 0. The van der Waals surface area contributed by atoms with E-state index in [0.29, 0.717) is 5.88 Å².